The highest BCUT2D eigenvalue weighted by molar-refractivity contribution is 5.86. The van der Waals surface area contributed by atoms with Crippen molar-refractivity contribution in [3.8, 4) is 0 Å². The third-order valence-corrected chi connectivity index (χ3v) is 4.39. The Balaban J connectivity index is 0.00000126. The zero-order valence-corrected chi connectivity index (χ0v) is 16.9. The first kappa shape index (κ1) is 20.9. The van der Waals surface area contributed by atoms with Crippen LogP contribution in [0.1, 0.15) is 51.4 Å². The van der Waals surface area contributed by atoms with Gasteiger partial charge in [0.05, 0.1) is 18.2 Å². The number of benzene rings is 1. The fourth-order valence-corrected chi connectivity index (χ4v) is 3.09. The van der Waals surface area contributed by atoms with Crippen molar-refractivity contribution in [3.63, 3.8) is 0 Å². The van der Waals surface area contributed by atoms with Crippen molar-refractivity contribution in [2.45, 2.75) is 59.5 Å². The number of hydrogen-bond donors (Lipinski definition) is 2. The molecule has 1 atom stereocenters. The SMILES string of the molecule is CC.CCCC[C@@H](CO)Nc1nc(C)nc2ccn(Cc3ccccc3)c12. The van der Waals surface area contributed by atoms with Crippen molar-refractivity contribution in [1.29, 1.82) is 0 Å². The van der Waals surface area contributed by atoms with E-state index < -0.39 is 0 Å². The molecule has 2 heterocycles. The van der Waals surface area contributed by atoms with E-state index in [1.54, 1.807) is 0 Å². The lowest BCUT2D eigenvalue weighted by atomic mass is 10.1. The lowest BCUT2D eigenvalue weighted by molar-refractivity contribution is 0.267. The fourth-order valence-electron chi connectivity index (χ4n) is 3.09. The molecule has 0 radical (unpaired) electrons. The number of hydrogen-bond acceptors (Lipinski definition) is 4. The number of unbranched alkanes of at least 4 members (excludes halogenated alkanes) is 1. The summed E-state index contributed by atoms with van der Waals surface area (Å²) < 4.78 is 2.17. The monoisotopic (exact) mass is 368 g/mol. The van der Waals surface area contributed by atoms with Crippen LogP contribution in [0.5, 0.6) is 0 Å². The van der Waals surface area contributed by atoms with Crippen molar-refractivity contribution < 1.29 is 5.11 Å². The highest BCUT2D eigenvalue weighted by Crippen LogP contribution is 2.24. The second-order valence-electron chi connectivity index (χ2n) is 6.45. The van der Waals surface area contributed by atoms with Gasteiger partial charge in [0.2, 0.25) is 0 Å². The molecule has 0 fully saturated rings. The molecule has 0 aliphatic rings. The topological polar surface area (TPSA) is 63.0 Å². The standard InChI is InChI=1S/C20H26N4O.C2H6/c1-3-4-10-17(14-25)23-20-19-18(21-15(2)22-20)11-12-24(19)13-16-8-6-5-7-9-16;1-2/h5-9,11-12,17,25H,3-4,10,13-14H2,1-2H3,(H,21,22,23);1-2H3/t17-;/m0./s1. The molecule has 1 aromatic carbocycles. The third kappa shape index (κ3) is 5.54. The van der Waals surface area contributed by atoms with Crippen LogP contribution in [0.4, 0.5) is 5.82 Å². The van der Waals surface area contributed by atoms with Gasteiger partial charge in [0, 0.05) is 12.7 Å². The van der Waals surface area contributed by atoms with Gasteiger partial charge in [-0.15, -0.1) is 0 Å². The van der Waals surface area contributed by atoms with E-state index in [2.05, 4.69) is 45.1 Å². The number of nitrogens with zero attached hydrogens (tertiary/aromatic N) is 3. The molecule has 0 unspecified atom stereocenters. The fraction of sp³-hybridized carbons (Fsp3) is 0.455. The van der Waals surface area contributed by atoms with Crippen molar-refractivity contribution in [2.24, 2.45) is 0 Å². The molecule has 0 bridgehead atoms. The highest BCUT2D eigenvalue weighted by atomic mass is 16.3. The van der Waals surface area contributed by atoms with Crippen LogP contribution in [-0.4, -0.2) is 32.3 Å². The van der Waals surface area contributed by atoms with Crippen LogP contribution in [0.15, 0.2) is 42.6 Å². The van der Waals surface area contributed by atoms with Gasteiger partial charge in [0.15, 0.2) is 5.82 Å². The molecule has 2 N–H and O–H groups in total. The van der Waals surface area contributed by atoms with Gasteiger partial charge < -0.3 is 15.0 Å². The molecule has 146 valence electrons. The van der Waals surface area contributed by atoms with Gasteiger partial charge >= 0.3 is 0 Å². The zero-order valence-electron chi connectivity index (χ0n) is 16.9. The van der Waals surface area contributed by atoms with Crippen molar-refractivity contribution in [1.82, 2.24) is 14.5 Å². The molecule has 2 aromatic heterocycles. The number of fused-ring (bicyclic) bond motifs is 1. The molecule has 0 saturated carbocycles. The minimum Gasteiger partial charge on any atom is -0.394 e. The maximum atomic E-state index is 9.70. The van der Waals surface area contributed by atoms with Gasteiger partial charge in [-0.25, -0.2) is 9.97 Å². The molecular weight excluding hydrogens is 336 g/mol. The first-order chi connectivity index (χ1) is 13.2. The smallest absolute Gasteiger partial charge is 0.154 e. The first-order valence-corrected chi connectivity index (χ1v) is 9.96. The van der Waals surface area contributed by atoms with Crippen LogP contribution in [0.2, 0.25) is 0 Å². The normalized spacial score (nSPS) is 11.7. The Bertz CT molecular complexity index is 814. The van der Waals surface area contributed by atoms with Crippen LogP contribution in [0.3, 0.4) is 0 Å². The molecule has 27 heavy (non-hydrogen) atoms. The number of aliphatic hydroxyl groups excluding tert-OH is 1. The molecule has 0 spiro atoms. The van der Waals surface area contributed by atoms with E-state index in [9.17, 15) is 5.11 Å². The minimum atomic E-state index is 0.0116. The number of aryl methyl sites for hydroxylation is 1. The predicted octanol–water partition coefficient (Wildman–Crippen LogP) is 4.78. The van der Waals surface area contributed by atoms with Gasteiger partial charge in [-0.1, -0.05) is 63.9 Å². The largest absolute Gasteiger partial charge is 0.394 e. The Hall–Kier alpha value is -2.40. The summed E-state index contributed by atoms with van der Waals surface area (Å²) in [5, 5.41) is 13.1. The van der Waals surface area contributed by atoms with E-state index in [-0.39, 0.29) is 12.6 Å². The van der Waals surface area contributed by atoms with E-state index in [0.717, 1.165) is 48.5 Å². The summed E-state index contributed by atoms with van der Waals surface area (Å²) in [6, 6.07) is 12.4. The Morgan fingerprint density at radius 3 is 2.52 bits per heavy atom. The van der Waals surface area contributed by atoms with E-state index >= 15 is 0 Å². The number of aromatic nitrogens is 3. The molecule has 0 saturated heterocycles. The Labute approximate surface area is 162 Å². The number of anilines is 1. The predicted molar refractivity (Wildman–Crippen MR) is 113 cm³/mol. The van der Waals surface area contributed by atoms with Crippen LogP contribution in [-0.2, 0) is 6.54 Å². The Kier molecular flexibility index (Phi) is 8.27. The maximum Gasteiger partial charge on any atom is 0.154 e. The van der Waals surface area contributed by atoms with Gasteiger partial charge in [0.25, 0.3) is 0 Å². The maximum absolute atomic E-state index is 9.70. The number of nitrogens with one attached hydrogen (secondary N) is 1. The molecule has 5 nitrogen and oxygen atoms in total. The number of rotatable bonds is 8. The van der Waals surface area contributed by atoms with E-state index in [1.807, 2.05) is 45.0 Å². The molecule has 0 amide bonds. The number of aliphatic hydroxyl groups is 1. The first-order valence-electron chi connectivity index (χ1n) is 9.96. The second-order valence-corrected chi connectivity index (χ2v) is 6.45. The summed E-state index contributed by atoms with van der Waals surface area (Å²) in [5.41, 5.74) is 3.15. The molecule has 5 heteroatoms. The van der Waals surface area contributed by atoms with Gasteiger partial charge in [-0.3, -0.25) is 0 Å². The second kappa shape index (κ2) is 10.7. The van der Waals surface area contributed by atoms with Gasteiger partial charge in [-0.05, 0) is 25.0 Å². The van der Waals surface area contributed by atoms with Crippen LogP contribution >= 0.6 is 0 Å². The summed E-state index contributed by atoms with van der Waals surface area (Å²) >= 11 is 0. The molecule has 0 aliphatic carbocycles. The molecule has 0 aliphatic heterocycles. The van der Waals surface area contributed by atoms with Crippen molar-refractivity contribution in [3.05, 3.63) is 54.0 Å². The van der Waals surface area contributed by atoms with Gasteiger partial charge in [-0.2, -0.15) is 0 Å². The van der Waals surface area contributed by atoms with Crippen LogP contribution in [0.25, 0.3) is 11.0 Å². The zero-order chi connectivity index (χ0) is 19.6. The summed E-state index contributed by atoms with van der Waals surface area (Å²) in [6.45, 7) is 8.93. The van der Waals surface area contributed by atoms with Crippen molar-refractivity contribution in [2.75, 3.05) is 11.9 Å². The third-order valence-electron chi connectivity index (χ3n) is 4.39. The molecule has 3 rings (SSSR count). The van der Waals surface area contributed by atoms with E-state index in [0.29, 0.717) is 0 Å². The van der Waals surface area contributed by atoms with Gasteiger partial charge in [0.1, 0.15) is 11.3 Å². The van der Waals surface area contributed by atoms with E-state index in [1.165, 1.54) is 5.56 Å². The highest BCUT2D eigenvalue weighted by Gasteiger charge is 2.15. The Morgan fingerprint density at radius 1 is 1.11 bits per heavy atom. The summed E-state index contributed by atoms with van der Waals surface area (Å²) in [7, 11) is 0. The average Bonchev–Trinajstić information content (AvgIpc) is 3.09. The van der Waals surface area contributed by atoms with Crippen LogP contribution < -0.4 is 5.32 Å². The molecule has 3 aromatic rings. The summed E-state index contributed by atoms with van der Waals surface area (Å²) in [4.78, 5) is 9.18. The lowest BCUT2D eigenvalue weighted by Crippen LogP contribution is -2.25. The lowest BCUT2D eigenvalue weighted by Gasteiger charge is -2.18. The minimum absolute atomic E-state index is 0.0116. The summed E-state index contributed by atoms with van der Waals surface area (Å²) in [5.74, 6) is 1.54. The van der Waals surface area contributed by atoms with Crippen LogP contribution in [0, 0.1) is 6.92 Å². The van der Waals surface area contributed by atoms with E-state index in [4.69, 9.17) is 0 Å². The quantitative estimate of drug-likeness (QED) is 0.601. The summed E-state index contributed by atoms with van der Waals surface area (Å²) in [6.07, 6.45) is 5.17. The Morgan fingerprint density at radius 2 is 1.85 bits per heavy atom. The molecular formula is C22H32N4O. The van der Waals surface area contributed by atoms with Crippen molar-refractivity contribution >= 4 is 16.9 Å². The average molecular weight is 369 g/mol.